The molecule has 2 rings (SSSR count). The Morgan fingerprint density at radius 3 is 2.48 bits per heavy atom. The molecule has 1 heterocycles. The smallest absolute Gasteiger partial charge is 0.327 e. The van der Waals surface area contributed by atoms with Crippen LogP contribution in [0, 0.1) is 5.82 Å². The molecule has 1 saturated heterocycles. The molecule has 0 bridgehead atoms. The number of carbonyl (C=O) groups is 3. The van der Waals surface area contributed by atoms with Crippen LogP contribution in [-0.2, 0) is 29.1 Å². The van der Waals surface area contributed by atoms with Gasteiger partial charge in [-0.2, -0.15) is 4.72 Å². The number of carbonyl (C=O) groups excluding carboxylic acids is 3. The zero-order valence-electron chi connectivity index (χ0n) is 14.4. The normalized spacial score (nSPS) is 16.9. The van der Waals surface area contributed by atoms with Crippen LogP contribution in [-0.4, -0.2) is 61.5 Å². The van der Waals surface area contributed by atoms with Crippen molar-refractivity contribution in [2.24, 2.45) is 0 Å². The number of rotatable bonds is 7. The number of amides is 2. The van der Waals surface area contributed by atoms with Gasteiger partial charge in [0.25, 0.3) is 5.91 Å². The Balaban J connectivity index is 2.03. The number of ether oxygens (including phenoxy) is 1. The van der Waals surface area contributed by atoms with E-state index in [1.165, 1.54) is 0 Å². The molecule has 0 aliphatic carbocycles. The molecule has 1 aliphatic heterocycles. The number of nitrogens with zero attached hydrogens (tertiary/aromatic N) is 1. The Kier molecular flexibility index (Phi) is 6.63. The number of esters is 1. The van der Waals surface area contributed by atoms with E-state index < -0.39 is 46.5 Å². The van der Waals surface area contributed by atoms with Crippen molar-refractivity contribution in [3.63, 3.8) is 0 Å². The summed E-state index contributed by atoms with van der Waals surface area (Å²) in [5.74, 6) is -2.93. The number of nitrogens with one attached hydrogen (secondary N) is 1. The van der Waals surface area contributed by atoms with Crippen LogP contribution < -0.4 is 4.72 Å². The first-order valence-electron chi connectivity index (χ1n) is 8.07. The summed E-state index contributed by atoms with van der Waals surface area (Å²) in [4.78, 5) is 36.1. The lowest BCUT2D eigenvalue weighted by Crippen LogP contribution is -2.49. The van der Waals surface area contributed by atoms with Crippen LogP contribution in [0.4, 0.5) is 4.39 Å². The summed E-state index contributed by atoms with van der Waals surface area (Å²) < 4.78 is 44.2. The fraction of sp³-hybridized carbons (Fsp3) is 0.438. The minimum absolute atomic E-state index is 0.228. The summed E-state index contributed by atoms with van der Waals surface area (Å²) in [5, 5.41) is 9.72. The fourth-order valence-corrected chi connectivity index (χ4v) is 3.66. The van der Waals surface area contributed by atoms with E-state index in [2.05, 4.69) is 0 Å². The summed E-state index contributed by atoms with van der Waals surface area (Å²) in [6.07, 6.45) is -0.726. The highest BCUT2D eigenvalue weighted by molar-refractivity contribution is 7.89. The molecule has 9 nitrogen and oxygen atoms in total. The number of likely N-dealkylation sites (tertiary alicyclic amines) is 1. The first-order valence-corrected chi connectivity index (χ1v) is 9.56. The van der Waals surface area contributed by atoms with Gasteiger partial charge in [0.1, 0.15) is 11.9 Å². The minimum Gasteiger partial charge on any atom is -0.454 e. The van der Waals surface area contributed by atoms with Gasteiger partial charge < -0.3 is 9.84 Å². The van der Waals surface area contributed by atoms with Gasteiger partial charge in [-0.3, -0.25) is 19.3 Å². The molecular formula is C16H19FN2O7S. The number of halogens is 1. The predicted molar refractivity (Wildman–Crippen MR) is 89.1 cm³/mol. The van der Waals surface area contributed by atoms with Crippen LogP contribution in [0.25, 0.3) is 0 Å². The van der Waals surface area contributed by atoms with Crippen molar-refractivity contribution < 1.29 is 37.0 Å². The lowest BCUT2D eigenvalue weighted by Gasteiger charge is -2.20. The number of aliphatic hydroxyl groups excluding tert-OH is 1. The standard InChI is InChI=1S/C16H19FN2O7S/c1-10(20)15(18-27(24,25)12-6-4-11(17)5-7-12)16(23)26-9-14(22)19-8-2-3-13(19)21/h4-7,10,15,18,20H,2-3,8-9H2,1H3/t10-,15-/m1/s1. The van der Waals surface area contributed by atoms with Crippen molar-refractivity contribution in [1.29, 1.82) is 0 Å². The van der Waals surface area contributed by atoms with E-state index >= 15 is 0 Å². The van der Waals surface area contributed by atoms with Crippen LogP contribution in [0.1, 0.15) is 19.8 Å². The number of sulfonamides is 1. The first kappa shape index (κ1) is 20.9. The highest BCUT2D eigenvalue weighted by atomic mass is 32.2. The molecule has 0 unspecified atom stereocenters. The molecule has 2 atom stereocenters. The van der Waals surface area contributed by atoms with Crippen molar-refractivity contribution in [1.82, 2.24) is 9.62 Å². The van der Waals surface area contributed by atoms with E-state index in [4.69, 9.17) is 4.74 Å². The Morgan fingerprint density at radius 1 is 1.33 bits per heavy atom. The molecule has 2 amide bonds. The minimum atomic E-state index is -4.26. The molecule has 1 aliphatic rings. The van der Waals surface area contributed by atoms with Gasteiger partial charge in [0, 0.05) is 13.0 Å². The molecular weight excluding hydrogens is 383 g/mol. The summed E-state index contributed by atoms with van der Waals surface area (Å²) in [6.45, 7) is 0.628. The van der Waals surface area contributed by atoms with Crippen LogP contribution in [0.5, 0.6) is 0 Å². The third-order valence-electron chi connectivity index (χ3n) is 3.85. The first-order chi connectivity index (χ1) is 12.6. The van der Waals surface area contributed by atoms with Crippen molar-refractivity contribution in [2.45, 2.75) is 36.8 Å². The second-order valence-electron chi connectivity index (χ2n) is 5.94. The third-order valence-corrected chi connectivity index (χ3v) is 5.31. The SMILES string of the molecule is C[C@@H](O)[C@@H](NS(=O)(=O)c1ccc(F)cc1)C(=O)OCC(=O)N1CCCC1=O. The highest BCUT2D eigenvalue weighted by Crippen LogP contribution is 2.13. The van der Waals surface area contributed by atoms with E-state index in [-0.39, 0.29) is 23.8 Å². The van der Waals surface area contributed by atoms with Crippen LogP contribution in [0.15, 0.2) is 29.2 Å². The van der Waals surface area contributed by atoms with Gasteiger partial charge in [-0.15, -0.1) is 0 Å². The number of hydrogen-bond acceptors (Lipinski definition) is 7. The summed E-state index contributed by atoms with van der Waals surface area (Å²) in [5.41, 5.74) is 0. The quantitative estimate of drug-likeness (QED) is 0.591. The maximum atomic E-state index is 12.9. The average molecular weight is 402 g/mol. The maximum Gasteiger partial charge on any atom is 0.327 e. The van der Waals surface area contributed by atoms with E-state index in [1.54, 1.807) is 0 Å². The lowest BCUT2D eigenvalue weighted by molar-refractivity contribution is -0.157. The molecule has 0 spiro atoms. The predicted octanol–water partition coefficient (Wildman–Crippen LogP) is -0.454. The molecule has 1 aromatic carbocycles. The van der Waals surface area contributed by atoms with Gasteiger partial charge in [0.05, 0.1) is 11.0 Å². The lowest BCUT2D eigenvalue weighted by atomic mass is 10.2. The second-order valence-corrected chi connectivity index (χ2v) is 7.66. The fourth-order valence-electron chi connectivity index (χ4n) is 2.40. The molecule has 2 N–H and O–H groups in total. The molecule has 1 aromatic rings. The highest BCUT2D eigenvalue weighted by Gasteiger charge is 2.33. The van der Waals surface area contributed by atoms with Crippen molar-refractivity contribution >= 4 is 27.8 Å². The number of hydrogen-bond donors (Lipinski definition) is 2. The van der Waals surface area contributed by atoms with Gasteiger partial charge in [-0.05, 0) is 37.6 Å². The van der Waals surface area contributed by atoms with E-state index in [0.717, 1.165) is 36.1 Å². The summed E-state index contributed by atoms with van der Waals surface area (Å²) in [6, 6.07) is 2.14. The van der Waals surface area contributed by atoms with E-state index in [0.29, 0.717) is 6.42 Å². The van der Waals surface area contributed by atoms with Gasteiger partial charge in [-0.1, -0.05) is 0 Å². The van der Waals surface area contributed by atoms with Crippen molar-refractivity contribution in [2.75, 3.05) is 13.2 Å². The monoisotopic (exact) mass is 402 g/mol. The number of imide groups is 1. The molecule has 27 heavy (non-hydrogen) atoms. The zero-order chi connectivity index (χ0) is 20.2. The molecule has 0 aromatic heterocycles. The van der Waals surface area contributed by atoms with Crippen LogP contribution in [0.2, 0.25) is 0 Å². The van der Waals surface area contributed by atoms with E-state index in [9.17, 15) is 32.3 Å². The Hall–Kier alpha value is -2.37. The molecule has 11 heteroatoms. The molecule has 0 saturated carbocycles. The van der Waals surface area contributed by atoms with Gasteiger partial charge in [0.2, 0.25) is 15.9 Å². The number of aliphatic hydroxyl groups is 1. The topological polar surface area (TPSA) is 130 Å². The van der Waals surface area contributed by atoms with E-state index in [1.807, 2.05) is 4.72 Å². The summed E-state index contributed by atoms with van der Waals surface area (Å²) >= 11 is 0. The van der Waals surface area contributed by atoms with Gasteiger partial charge >= 0.3 is 5.97 Å². The van der Waals surface area contributed by atoms with Gasteiger partial charge in [0.15, 0.2) is 6.61 Å². The van der Waals surface area contributed by atoms with Crippen molar-refractivity contribution in [3.05, 3.63) is 30.1 Å². The second kappa shape index (κ2) is 8.55. The Labute approximate surface area is 155 Å². The van der Waals surface area contributed by atoms with Crippen LogP contribution in [0.3, 0.4) is 0 Å². The zero-order valence-corrected chi connectivity index (χ0v) is 15.2. The van der Waals surface area contributed by atoms with Crippen LogP contribution >= 0.6 is 0 Å². The Morgan fingerprint density at radius 2 is 1.96 bits per heavy atom. The average Bonchev–Trinajstić information content (AvgIpc) is 3.03. The molecule has 148 valence electrons. The number of benzene rings is 1. The van der Waals surface area contributed by atoms with Crippen molar-refractivity contribution in [3.8, 4) is 0 Å². The largest absolute Gasteiger partial charge is 0.454 e. The summed E-state index contributed by atoms with van der Waals surface area (Å²) in [7, 11) is -4.26. The Bertz CT molecular complexity index is 824. The third kappa shape index (κ3) is 5.31. The molecule has 1 fully saturated rings. The molecule has 0 radical (unpaired) electrons. The maximum absolute atomic E-state index is 12.9. The van der Waals surface area contributed by atoms with Gasteiger partial charge in [-0.25, -0.2) is 12.8 Å².